The first-order valence-corrected chi connectivity index (χ1v) is 6.00. The minimum absolute atomic E-state index is 0.573. The second kappa shape index (κ2) is 2.93. The molecule has 0 aromatic heterocycles. The maximum atomic E-state index is 2.24. The Bertz CT molecular complexity index is 74.8. The summed E-state index contributed by atoms with van der Waals surface area (Å²) in [6, 6.07) is 0. The van der Waals surface area contributed by atoms with E-state index >= 15 is 0 Å². The first kappa shape index (κ1) is 4.99. The predicted molar refractivity (Wildman–Crippen MR) is 36.1 cm³/mol. The van der Waals surface area contributed by atoms with E-state index in [1.807, 2.05) is 20.0 Å². The van der Waals surface area contributed by atoms with Crippen molar-refractivity contribution in [3.63, 3.8) is 0 Å². The van der Waals surface area contributed by atoms with Crippen molar-refractivity contribution in [3.05, 3.63) is 11.5 Å². The molecule has 0 N–H and O–H groups in total. The third-order valence-corrected chi connectivity index (χ3v) is 4.78. The second-order valence-electron chi connectivity index (χ2n) is 0.850. The van der Waals surface area contributed by atoms with Crippen LogP contribution in [0.25, 0.3) is 0 Å². The molecule has 30 valence electrons. The van der Waals surface area contributed by atoms with E-state index < -0.39 is 0 Å². The molecule has 1 heterocycles. The Morgan fingerprint density at radius 2 is 2.50 bits per heavy atom. The molecule has 0 unspecified atom stereocenters. The van der Waals surface area contributed by atoms with Gasteiger partial charge in [0, 0.05) is 0 Å². The number of rotatable bonds is 0. The molecular weight excluding hydrogens is 127 g/mol. The summed E-state index contributed by atoms with van der Waals surface area (Å²) < 4.78 is 0. The molecule has 0 saturated carbocycles. The third kappa shape index (κ3) is 1.53. The fourth-order valence-corrected chi connectivity index (χ4v) is 3.70. The van der Waals surface area contributed by atoms with Gasteiger partial charge in [-0.05, 0) is 0 Å². The van der Waals surface area contributed by atoms with Gasteiger partial charge in [0.1, 0.15) is 0 Å². The van der Waals surface area contributed by atoms with Crippen LogP contribution in [0.1, 0.15) is 0 Å². The Balaban J connectivity index is 2.46. The fourth-order valence-electron chi connectivity index (χ4n) is 0.219. The molecular formula is C3H3AlS2. The Kier molecular flexibility index (Phi) is 2.43. The summed E-state index contributed by atoms with van der Waals surface area (Å²) in [5.41, 5.74) is 0. The van der Waals surface area contributed by atoms with E-state index in [0.29, 0.717) is 13.6 Å². The average Bonchev–Trinajstić information content (AvgIpc) is 1.72. The summed E-state index contributed by atoms with van der Waals surface area (Å²) in [6.07, 6.45) is 2.12. The van der Waals surface area contributed by atoms with Gasteiger partial charge in [-0.2, -0.15) is 0 Å². The summed E-state index contributed by atoms with van der Waals surface area (Å²) in [4.78, 5) is 2.24. The van der Waals surface area contributed by atoms with E-state index in [2.05, 4.69) is 16.4 Å². The van der Waals surface area contributed by atoms with Gasteiger partial charge in [0.15, 0.2) is 0 Å². The van der Waals surface area contributed by atoms with Crippen LogP contribution in [-0.2, 0) is 0 Å². The summed E-state index contributed by atoms with van der Waals surface area (Å²) in [7, 11) is 3.79. The molecule has 0 aliphatic carbocycles. The SMILES string of the molecule is C1=CS[S][Al]=[CH]1. The van der Waals surface area contributed by atoms with Crippen molar-refractivity contribution in [2.24, 2.45) is 0 Å². The van der Waals surface area contributed by atoms with Gasteiger partial charge in [-0.15, -0.1) is 0 Å². The zero-order valence-electron chi connectivity index (χ0n) is 3.13. The Labute approximate surface area is 50.1 Å². The molecule has 6 heavy (non-hydrogen) atoms. The van der Waals surface area contributed by atoms with Gasteiger partial charge in [-0.1, -0.05) is 0 Å². The molecule has 0 saturated heterocycles. The van der Waals surface area contributed by atoms with E-state index in [1.54, 1.807) is 0 Å². The zero-order valence-corrected chi connectivity index (χ0v) is 5.91. The van der Waals surface area contributed by atoms with Crippen LogP contribution in [0.2, 0.25) is 0 Å². The zero-order chi connectivity index (χ0) is 4.24. The van der Waals surface area contributed by atoms with E-state index in [-0.39, 0.29) is 0 Å². The van der Waals surface area contributed by atoms with Crippen LogP contribution in [0.5, 0.6) is 0 Å². The summed E-state index contributed by atoms with van der Waals surface area (Å²) in [6.45, 7) is 0. The average molecular weight is 130 g/mol. The van der Waals surface area contributed by atoms with E-state index in [0.717, 1.165) is 0 Å². The predicted octanol–water partition coefficient (Wildman–Crippen LogP) is 1.32. The Morgan fingerprint density at radius 1 is 1.50 bits per heavy atom. The normalized spacial score (nSPS) is 17.3. The van der Waals surface area contributed by atoms with Crippen molar-refractivity contribution >= 4 is 38.5 Å². The van der Waals surface area contributed by atoms with Crippen LogP contribution >= 0.6 is 20.0 Å². The topological polar surface area (TPSA) is 0 Å². The molecule has 0 fully saturated rings. The van der Waals surface area contributed by atoms with Crippen molar-refractivity contribution in [2.45, 2.75) is 0 Å². The van der Waals surface area contributed by atoms with Crippen LogP contribution in [0.4, 0.5) is 0 Å². The fraction of sp³-hybridized carbons (Fsp3) is 0. The van der Waals surface area contributed by atoms with Gasteiger partial charge >= 0.3 is 50.0 Å². The van der Waals surface area contributed by atoms with Crippen LogP contribution in [-0.4, -0.2) is 18.5 Å². The van der Waals surface area contributed by atoms with Crippen molar-refractivity contribution in [3.8, 4) is 0 Å². The van der Waals surface area contributed by atoms with Gasteiger partial charge in [-0.3, -0.25) is 0 Å². The number of allylic oxidation sites excluding steroid dienone is 1. The van der Waals surface area contributed by atoms with Crippen LogP contribution in [0.15, 0.2) is 11.5 Å². The number of hydrogen-bond donors (Lipinski definition) is 0. The molecule has 0 amide bonds. The first-order chi connectivity index (χ1) is 3.00. The van der Waals surface area contributed by atoms with Crippen molar-refractivity contribution < 1.29 is 0 Å². The Hall–Kier alpha value is 0.842. The first-order valence-electron chi connectivity index (χ1n) is 1.64. The van der Waals surface area contributed by atoms with Gasteiger partial charge in [0.05, 0.1) is 0 Å². The van der Waals surface area contributed by atoms with Gasteiger partial charge < -0.3 is 0 Å². The van der Waals surface area contributed by atoms with Gasteiger partial charge in [-0.25, -0.2) is 0 Å². The molecule has 0 radical (unpaired) electrons. The van der Waals surface area contributed by atoms with Gasteiger partial charge in [0.25, 0.3) is 0 Å². The van der Waals surface area contributed by atoms with Crippen molar-refractivity contribution in [2.75, 3.05) is 0 Å². The minimum atomic E-state index is 0.573. The molecule has 0 nitrogen and oxygen atoms in total. The number of hydrogen-bond acceptors (Lipinski definition) is 2. The second-order valence-corrected chi connectivity index (χ2v) is 5.87. The molecule has 0 atom stereocenters. The van der Waals surface area contributed by atoms with E-state index in [9.17, 15) is 0 Å². The molecule has 1 rings (SSSR count). The van der Waals surface area contributed by atoms with Gasteiger partial charge in [0.2, 0.25) is 0 Å². The van der Waals surface area contributed by atoms with E-state index in [1.165, 1.54) is 0 Å². The molecule has 0 spiro atoms. The van der Waals surface area contributed by atoms with E-state index in [4.69, 9.17) is 0 Å². The molecule has 0 aromatic carbocycles. The Morgan fingerprint density at radius 3 is 2.67 bits per heavy atom. The van der Waals surface area contributed by atoms with Crippen LogP contribution in [0.3, 0.4) is 0 Å². The maximum absolute atomic E-state index is 2.24. The molecule has 0 bridgehead atoms. The summed E-state index contributed by atoms with van der Waals surface area (Å²) in [5.74, 6) is 0. The molecule has 1 aliphatic heterocycles. The van der Waals surface area contributed by atoms with Crippen molar-refractivity contribution in [1.82, 2.24) is 0 Å². The molecule has 0 aromatic rings. The monoisotopic (exact) mass is 130 g/mol. The summed E-state index contributed by atoms with van der Waals surface area (Å²) in [5, 5.41) is 2.11. The van der Waals surface area contributed by atoms with Crippen LogP contribution < -0.4 is 0 Å². The molecule has 1 aliphatic rings. The summed E-state index contributed by atoms with van der Waals surface area (Å²) >= 11 is 0.573. The van der Waals surface area contributed by atoms with Crippen molar-refractivity contribution in [1.29, 1.82) is 0 Å². The third-order valence-electron chi connectivity index (χ3n) is 0.435. The van der Waals surface area contributed by atoms with Crippen LogP contribution in [0, 0.1) is 0 Å². The molecule has 3 heteroatoms. The quantitative estimate of drug-likeness (QED) is 0.358. The standard InChI is InChI=1S/C3H4S2.Al/c1-2-3-5-4;/h1-4H;/q;+1/p-1.